The van der Waals surface area contributed by atoms with Gasteiger partial charge in [0.25, 0.3) is 0 Å². The molecule has 1 unspecified atom stereocenters. The zero-order valence-electron chi connectivity index (χ0n) is 12.7. The maximum absolute atomic E-state index is 5.98. The molecule has 0 aliphatic carbocycles. The number of anilines is 1. The summed E-state index contributed by atoms with van der Waals surface area (Å²) < 4.78 is 10.5. The minimum atomic E-state index is 0.100. The minimum absolute atomic E-state index is 0.100. The van der Waals surface area contributed by atoms with Gasteiger partial charge in [0, 0.05) is 25.3 Å². The normalized spacial score (nSPS) is 11.8. The Bertz CT molecular complexity index is 569. The van der Waals surface area contributed by atoms with Crippen LogP contribution in [-0.4, -0.2) is 27.8 Å². The van der Waals surface area contributed by atoms with Crippen LogP contribution in [0.4, 0.5) is 5.69 Å². The Labute approximate surface area is 126 Å². The van der Waals surface area contributed by atoms with Gasteiger partial charge in [0.15, 0.2) is 0 Å². The summed E-state index contributed by atoms with van der Waals surface area (Å²) in [5.41, 5.74) is 8.21. The molecule has 0 saturated carbocycles. The molecule has 0 bridgehead atoms. The summed E-state index contributed by atoms with van der Waals surface area (Å²) in [6, 6.07) is 16.1. The second-order valence-electron chi connectivity index (χ2n) is 4.84. The molecule has 0 heterocycles. The molecule has 0 fully saturated rings. The minimum Gasteiger partial charge on any atom is -0.497 e. The van der Waals surface area contributed by atoms with Crippen molar-refractivity contribution in [2.24, 2.45) is 5.73 Å². The smallest absolute Gasteiger partial charge is 0.120 e. The average Bonchev–Trinajstić information content (AvgIpc) is 2.56. The van der Waals surface area contributed by atoms with E-state index in [4.69, 9.17) is 15.2 Å². The first kappa shape index (κ1) is 15.2. The average molecular weight is 286 g/mol. The van der Waals surface area contributed by atoms with Crippen LogP contribution in [-0.2, 0) is 0 Å². The third-order valence-corrected chi connectivity index (χ3v) is 3.65. The summed E-state index contributed by atoms with van der Waals surface area (Å²) in [5, 5.41) is 0. The van der Waals surface area contributed by atoms with Crippen LogP contribution in [0.25, 0.3) is 0 Å². The van der Waals surface area contributed by atoms with Crippen LogP contribution in [0.15, 0.2) is 48.5 Å². The number of likely N-dealkylation sites (N-methyl/N-ethyl adjacent to an activating group) is 1. The second-order valence-corrected chi connectivity index (χ2v) is 4.84. The van der Waals surface area contributed by atoms with Gasteiger partial charge in [-0.2, -0.15) is 0 Å². The maximum atomic E-state index is 5.98. The predicted octanol–water partition coefficient (Wildman–Crippen LogP) is 2.84. The standard InChI is InChI=1S/C17H22N2O2/c1-19(14-5-4-6-16(11-14)21-3)17(12-18)13-7-9-15(20-2)10-8-13/h4-11,17H,12,18H2,1-3H3. The van der Waals surface area contributed by atoms with Crippen molar-refractivity contribution < 1.29 is 9.47 Å². The van der Waals surface area contributed by atoms with Gasteiger partial charge < -0.3 is 20.1 Å². The van der Waals surface area contributed by atoms with E-state index in [1.165, 1.54) is 0 Å². The van der Waals surface area contributed by atoms with Crippen LogP contribution in [0.5, 0.6) is 11.5 Å². The van der Waals surface area contributed by atoms with E-state index in [0.29, 0.717) is 6.54 Å². The number of methoxy groups -OCH3 is 2. The Kier molecular flexibility index (Phi) is 5.06. The number of ether oxygens (including phenoxy) is 2. The van der Waals surface area contributed by atoms with Crippen molar-refractivity contribution >= 4 is 5.69 Å². The highest BCUT2D eigenvalue weighted by atomic mass is 16.5. The monoisotopic (exact) mass is 286 g/mol. The maximum Gasteiger partial charge on any atom is 0.120 e. The van der Waals surface area contributed by atoms with Gasteiger partial charge in [0.1, 0.15) is 11.5 Å². The van der Waals surface area contributed by atoms with Crippen molar-refractivity contribution in [2.75, 3.05) is 32.7 Å². The lowest BCUT2D eigenvalue weighted by molar-refractivity contribution is 0.414. The molecule has 0 spiro atoms. The number of nitrogens with two attached hydrogens (primary N) is 1. The van der Waals surface area contributed by atoms with E-state index in [9.17, 15) is 0 Å². The molecule has 0 aliphatic heterocycles. The molecule has 0 amide bonds. The summed E-state index contributed by atoms with van der Waals surface area (Å²) in [5.74, 6) is 1.68. The van der Waals surface area contributed by atoms with E-state index < -0.39 is 0 Å². The van der Waals surface area contributed by atoms with Crippen molar-refractivity contribution in [1.82, 2.24) is 0 Å². The summed E-state index contributed by atoms with van der Waals surface area (Å²) in [6.45, 7) is 0.528. The summed E-state index contributed by atoms with van der Waals surface area (Å²) in [6.07, 6.45) is 0. The fourth-order valence-electron chi connectivity index (χ4n) is 2.35. The molecule has 1 atom stereocenters. The van der Waals surface area contributed by atoms with Crippen molar-refractivity contribution in [3.05, 3.63) is 54.1 Å². The summed E-state index contributed by atoms with van der Waals surface area (Å²) in [4.78, 5) is 2.16. The largest absolute Gasteiger partial charge is 0.497 e. The molecule has 2 rings (SSSR count). The lowest BCUT2D eigenvalue weighted by Gasteiger charge is -2.29. The molecule has 112 valence electrons. The van der Waals surface area contributed by atoms with Crippen molar-refractivity contribution in [3.63, 3.8) is 0 Å². The number of hydrogen-bond acceptors (Lipinski definition) is 4. The van der Waals surface area contributed by atoms with E-state index in [1.54, 1.807) is 14.2 Å². The fraction of sp³-hybridized carbons (Fsp3) is 0.294. The Morgan fingerprint density at radius 1 is 1.00 bits per heavy atom. The van der Waals surface area contributed by atoms with Gasteiger partial charge >= 0.3 is 0 Å². The van der Waals surface area contributed by atoms with Gasteiger partial charge in [-0.15, -0.1) is 0 Å². The Morgan fingerprint density at radius 2 is 1.67 bits per heavy atom. The molecule has 4 nitrogen and oxygen atoms in total. The summed E-state index contributed by atoms with van der Waals surface area (Å²) in [7, 11) is 5.37. The van der Waals surface area contributed by atoms with Gasteiger partial charge in [-0.05, 0) is 29.8 Å². The molecule has 0 aliphatic rings. The number of nitrogens with zero attached hydrogens (tertiary/aromatic N) is 1. The van der Waals surface area contributed by atoms with Crippen LogP contribution in [0.2, 0.25) is 0 Å². The first-order valence-corrected chi connectivity index (χ1v) is 6.90. The number of hydrogen-bond donors (Lipinski definition) is 1. The third-order valence-electron chi connectivity index (χ3n) is 3.65. The summed E-state index contributed by atoms with van der Waals surface area (Å²) >= 11 is 0. The molecule has 2 aromatic carbocycles. The van der Waals surface area contributed by atoms with E-state index >= 15 is 0 Å². The fourth-order valence-corrected chi connectivity index (χ4v) is 2.35. The molecule has 4 heteroatoms. The first-order chi connectivity index (χ1) is 10.2. The van der Waals surface area contributed by atoms with Gasteiger partial charge in [0.2, 0.25) is 0 Å². The van der Waals surface area contributed by atoms with Crippen LogP contribution < -0.4 is 20.1 Å². The third kappa shape index (κ3) is 3.47. The Hall–Kier alpha value is -2.20. The Balaban J connectivity index is 2.26. The van der Waals surface area contributed by atoms with Crippen LogP contribution in [0.1, 0.15) is 11.6 Å². The quantitative estimate of drug-likeness (QED) is 0.887. The molecular formula is C17H22N2O2. The molecular weight excluding hydrogens is 264 g/mol. The van der Waals surface area contributed by atoms with Gasteiger partial charge in [0.05, 0.1) is 20.3 Å². The van der Waals surface area contributed by atoms with Crippen molar-refractivity contribution in [2.45, 2.75) is 6.04 Å². The van der Waals surface area contributed by atoms with Crippen LogP contribution >= 0.6 is 0 Å². The number of benzene rings is 2. The van der Waals surface area contributed by atoms with Crippen LogP contribution in [0, 0.1) is 0 Å². The first-order valence-electron chi connectivity index (χ1n) is 6.90. The lowest BCUT2D eigenvalue weighted by Crippen LogP contribution is -2.30. The number of rotatable bonds is 6. The van der Waals surface area contributed by atoms with E-state index in [0.717, 1.165) is 22.7 Å². The molecule has 0 saturated heterocycles. The topological polar surface area (TPSA) is 47.7 Å². The highest BCUT2D eigenvalue weighted by molar-refractivity contribution is 5.52. The lowest BCUT2D eigenvalue weighted by atomic mass is 10.0. The van der Waals surface area contributed by atoms with Gasteiger partial charge in [-0.25, -0.2) is 0 Å². The van der Waals surface area contributed by atoms with Crippen molar-refractivity contribution in [1.29, 1.82) is 0 Å². The highest BCUT2D eigenvalue weighted by Crippen LogP contribution is 2.28. The molecule has 21 heavy (non-hydrogen) atoms. The molecule has 0 aromatic heterocycles. The van der Waals surface area contributed by atoms with E-state index in [-0.39, 0.29) is 6.04 Å². The van der Waals surface area contributed by atoms with Gasteiger partial charge in [-0.1, -0.05) is 18.2 Å². The molecule has 2 N–H and O–H groups in total. The van der Waals surface area contributed by atoms with E-state index in [1.807, 2.05) is 49.5 Å². The molecule has 0 radical (unpaired) electrons. The highest BCUT2D eigenvalue weighted by Gasteiger charge is 2.16. The Morgan fingerprint density at radius 3 is 2.24 bits per heavy atom. The zero-order chi connectivity index (χ0) is 15.2. The second kappa shape index (κ2) is 6.99. The zero-order valence-corrected chi connectivity index (χ0v) is 12.7. The SMILES string of the molecule is COc1ccc(C(CN)N(C)c2cccc(OC)c2)cc1. The van der Waals surface area contributed by atoms with Crippen LogP contribution in [0.3, 0.4) is 0 Å². The predicted molar refractivity (Wildman–Crippen MR) is 86.2 cm³/mol. The van der Waals surface area contributed by atoms with Crippen molar-refractivity contribution in [3.8, 4) is 11.5 Å². The molecule has 2 aromatic rings. The van der Waals surface area contributed by atoms with E-state index in [2.05, 4.69) is 11.0 Å². The van der Waals surface area contributed by atoms with Gasteiger partial charge in [-0.3, -0.25) is 0 Å².